The Kier molecular flexibility index (Phi) is 9.25. The number of hydrogen-bond donors (Lipinski definition) is 2. The van der Waals surface area contributed by atoms with Gasteiger partial charge >= 0.3 is 0 Å². The monoisotopic (exact) mass is 578 g/mol. The molecule has 0 atom stereocenters. The van der Waals surface area contributed by atoms with Crippen molar-refractivity contribution in [2.45, 2.75) is 122 Å². The normalized spacial score (nSPS) is 17.4. The molecule has 2 fully saturated rings. The van der Waals surface area contributed by atoms with Gasteiger partial charge in [-0.05, 0) is 85.4 Å². The Bertz CT molecular complexity index is 1450. The molecule has 43 heavy (non-hydrogen) atoms. The lowest BCUT2D eigenvalue weighted by Crippen LogP contribution is -2.41. The number of fused-ring (bicyclic) bond motifs is 1. The summed E-state index contributed by atoms with van der Waals surface area (Å²) in [7, 11) is 0. The predicted molar refractivity (Wildman–Crippen MR) is 171 cm³/mol. The highest BCUT2D eigenvalue weighted by Gasteiger charge is 2.30. The molecule has 0 saturated heterocycles. The van der Waals surface area contributed by atoms with E-state index in [0.29, 0.717) is 30.5 Å². The lowest BCUT2D eigenvalue weighted by atomic mass is 9.84. The summed E-state index contributed by atoms with van der Waals surface area (Å²) < 4.78 is 2.40. The second kappa shape index (κ2) is 13.4. The van der Waals surface area contributed by atoms with E-state index in [4.69, 9.17) is 0 Å². The molecule has 6 rings (SSSR count). The number of amides is 2. The molecule has 0 radical (unpaired) electrons. The van der Waals surface area contributed by atoms with Crippen LogP contribution in [0.15, 0.2) is 48.5 Å². The minimum Gasteiger partial charge on any atom is -0.348 e. The van der Waals surface area contributed by atoms with Crippen LogP contribution in [-0.4, -0.2) is 11.8 Å². The minimum absolute atomic E-state index is 0.0292. The summed E-state index contributed by atoms with van der Waals surface area (Å²) >= 11 is 0. The molecule has 2 aromatic carbocycles. The molecule has 5 nitrogen and oxygen atoms in total. The molecule has 3 aromatic rings. The Hall–Kier alpha value is -3.47. The number of carbonyl (C=O) groups is 2. The van der Waals surface area contributed by atoms with Crippen molar-refractivity contribution in [2.24, 2.45) is 0 Å². The molecule has 226 valence electrons. The van der Waals surface area contributed by atoms with Crippen LogP contribution in [0.3, 0.4) is 0 Å². The van der Waals surface area contributed by atoms with Gasteiger partial charge < -0.3 is 10.6 Å². The highest BCUT2D eigenvalue weighted by atomic mass is 16.2. The summed E-state index contributed by atoms with van der Waals surface area (Å²) in [6.45, 7) is 6.26. The van der Waals surface area contributed by atoms with E-state index in [1.165, 1.54) is 97.8 Å². The van der Waals surface area contributed by atoms with Gasteiger partial charge in [0.25, 0.3) is 11.8 Å². The maximum atomic E-state index is 13.2. The molecule has 5 heteroatoms. The summed E-state index contributed by atoms with van der Waals surface area (Å²) in [5.41, 5.74) is 10.2. The van der Waals surface area contributed by atoms with Crippen molar-refractivity contribution in [3.05, 3.63) is 98.9 Å². The molecule has 2 aliphatic carbocycles. The number of carbonyl (C=O) groups excluding carboxylic acids is 2. The number of hydrogen-bond acceptors (Lipinski definition) is 2. The molecular formula is C38H48N3O2+. The van der Waals surface area contributed by atoms with Crippen LogP contribution in [0, 0.1) is 13.8 Å². The molecule has 2 saturated carbocycles. The number of nitrogens with one attached hydrogen (secondary N) is 2. The maximum Gasteiger partial charge on any atom is 0.251 e. The zero-order valence-corrected chi connectivity index (χ0v) is 26.1. The van der Waals surface area contributed by atoms with Crippen LogP contribution >= 0.6 is 0 Å². The number of rotatable bonds is 8. The first-order valence-corrected chi connectivity index (χ1v) is 16.8. The van der Waals surface area contributed by atoms with Gasteiger partial charge in [-0.2, -0.15) is 4.57 Å². The highest BCUT2D eigenvalue weighted by Crippen LogP contribution is 2.33. The first-order chi connectivity index (χ1) is 21.0. The van der Waals surface area contributed by atoms with Gasteiger partial charge in [-0.15, -0.1) is 0 Å². The summed E-state index contributed by atoms with van der Waals surface area (Å²) in [4.78, 5) is 26.4. The number of benzene rings is 2. The van der Waals surface area contributed by atoms with Gasteiger partial charge in [0.2, 0.25) is 0 Å². The second-order valence-electron chi connectivity index (χ2n) is 13.1. The molecule has 1 aromatic heterocycles. The maximum absolute atomic E-state index is 13.2. The van der Waals surface area contributed by atoms with Gasteiger partial charge in [0.1, 0.15) is 6.54 Å². The lowest BCUT2D eigenvalue weighted by molar-refractivity contribution is -0.697. The highest BCUT2D eigenvalue weighted by molar-refractivity contribution is 5.94. The summed E-state index contributed by atoms with van der Waals surface area (Å²) in [5.74, 6) is 1.21. The Balaban J connectivity index is 1.12. The lowest BCUT2D eigenvalue weighted by Gasteiger charge is -2.22. The zero-order chi connectivity index (χ0) is 29.8. The number of pyridine rings is 1. The smallest absolute Gasteiger partial charge is 0.251 e. The topological polar surface area (TPSA) is 62.1 Å². The van der Waals surface area contributed by atoms with Gasteiger partial charge in [-0.3, -0.25) is 9.59 Å². The second-order valence-corrected chi connectivity index (χ2v) is 13.1. The van der Waals surface area contributed by atoms with E-state index in [0.717, 1.165) is 30.5 Å². The molecule has 0 bridgehead atoms. The average Bonchev–Trinajstić information content (AvgIpc) is 3.56. The van der Waals surface area contributed by atoms with Crippen LogP contribution in [0.5, 0.6) is 0 Å². The number of nitrogens with zero attached hydrogens (tertiary/aromatic N) is 1. The fourth-order valence-electron chi connectivity index (χ4n) is 7.91. The minimum atomic E-state index is -0.0361. The Morgan fingerprint density at radius 3 is 1.60 bits per heavy atom. The van der Waals surface area contributed by atoms with E-state index >= 15 is 0 Å². The van der Waals surface area contributed by atoms with Crippen molar-refractivity contribution < 1.29 is 14.2 Å². The molecule has 3 aliphatic rings. The fraction of sp³-hybridized carbons (Fsp3) is 0.500. The standard InChI is InChI=1S/C38H47N3O2/c1-26-34(24-39-37(42)32-19-15-30(16-20-32)28-10-5-3-6-11-28)27(2)41-23-9-14-36(41)35(26)25-40-38(43)33-21-17-31(18-22-33)29-12-7-4-8-13-29/h15-22,28-29H,3-14,23-25H2,1-2H3,(H-,39,40,42,43)/p+1. The van der Waals surface area contributed by atoms with E-state index in [9.17, 15) is 9.59 Å². The van der Waals surface area contributed by atoms with E-state index in [1.54, 1.807) is 0 Å². The van der Waals surface area contributed by atoms with Gasteiger partial charge in [0.05, 0.1) is 0 Å². The first kappa shape index (κ1) is 29.6. The van der Waals surface area contributed by atoms with Crippen molar-refractivity contribution >= 4 is 11.8 Å². The third-order valence-electron chi connectivity index (χ3n) is 10.6. The zero-order valence-electron chi connectivity index (χ0n) is 26.1. The first-order valence-electron chi connectivity index (χ1n) is 16.8. The summed E-state index contributed by atoms with van der Waals surface area (Å²) in [6.07, 6.45) is 15.1. The summed E-state index contributed by atoms with van der Waals surface area (Å²) in [6, 6.07) is 16.6. The van der Waals surface area contributed by atoms with Crippen molar-refractivity contribution in [1.29, 1.82) is 0 Å². The SMILES string of the molecule is Cc1c(CNC(=O)c2ccc(C3CCCCC3)cc2)c(C)[n+]2c(c1CNC(=O)c1ccc(C3CCCCC3)cc1)CCC2. The van der Waals surface area contributed by atoms with Crippen LogP contribution in [0.25, 0.3) is 0 Å². The predicted octanol–water partition coefficient (Wildman–Crippen LogP) is 7.49. The molecule has 0 spiro atoms. The largest absolute Gasteiger partial charge is 0.348 e. The van der Waals surface area contributed by atoms with Crippen LogP contribution < -0.4 is 15.2 Å². The van der Waals surface area contributed by atoms with Crippen molar-refractivity contribution in [3.63, 3.8) is 0 Å². The van der Waals surface area contributed by atoms with E-state index < -0.39 is 0 Å². The van der Waals surface area contributed by atoms with Crippen molar-refractivity contribution in [2.75, 3.05) is 0 Å². The third kappa shape index (κ3) is 6.56. The molecule has 2 N–H and O–H groups in total. The Morgan fingerprint density at radius 1 is 0.651 bits per heavy atom. The van der Waals surface area contributed by atoms with E-state index in [-0.39, 0.29) is 11.8 Å². The quantitative estimate of drug-likeness (QED) is 0.272. The van der Waals surface area contributed by atoms with Gasteiger partial charge in [-0.1, -0.05) is 62.8 Å². The van der Waals surface area contributed by atoms with Gasteiger partial charge in [-0.25, -0.2) is 0 Å². The molecule has 2 amide bonds. The molecule has 2 heterocycles. The van der Waals surface area contributed by atoms with Crippen molar-refractivity contribution in [3.8, 4) is 0 Å². The van der Waals surface area contributed by atoms with Gasteiger partial charge in [0.15, 0.2) is 11.4 Å². The number of aromatic nitrogens is 1. The summed E-state index contributed by atoms with van der Waals surface area (Å²) in [5, 5.41) is 6.41. The van der Waals surface area contributed by atoms with Crippen molar-refractivity contribution in [1.82, 2.24) is 10.6 Å². The Labute approximate surface area is 257 Å². The van der Waals surface area contributed by atoms with Gasteiger partial charge in [0, 0.05) is 55.1 Å². The van der Waals surface area contributed by atoms with Crippen LogP contribution in [-0.2, 0) is 26.1 Å². The molecule has 0 unspecified atom stereocenters. The van der Waals surface area contributed by atoms with E-state index in [2.05, 4.69) is 53.3 Å². The van der Waals surface area contributed by atoms with Crippen LogP contribution in [0.4, 0.5) is 0 Å². The Morgan fingerprint density at radius 2 is 1.12 bits per heavy atom. The average molecular weight is 579 g/mol. The fourth-order valence-corrected chi connectivity index (χ4v) is 7.91. The van der Waals surface area contributed by atoms with E-state index in [1.807, 2.05) is 24.3 Å². The van der Waals surface area contributed by atoms with Crippen LogP contribution in [0.1, 0.15) is 142 Å². The molecule has 1 aliphatic heterocycles. The van der Waals surface area contributed by atoms with Crippen LogP contribution in [0.2, 0.25) is 0 Å². The molecular weight excluding hydrogens is 530 g/mol. The third-order valence-corrected chi connectivity index (χ3v) is 10.6.